The number of rotatable bonds is 6. The van der Waals surface area contributed by atoms with Crippen molar-refractivity contribution in [2.45, 2.75) is 13.3 Å². The lowest BCUT2D eigenvalue weighted by Gasteiger charge is -2.21. The Morgan fingerprint density at radius 1 is 1.55 bits per heavy atom. The fourth-order valence-corrected chi connectivity index (χ4v) is 2.07. The molecule has 7 nitrogen and oxygen atoms in total. The van der Waals surface area contributed by atoms with E-state index in [0.29, 0.717) is 24.3 Å². The molecule has 0 fully saturated rings. The Balaban J connectivity index is 2.44. The molecular weight excluding hydrogens is 258 g/mol. The van der Waals surface area contributed by atoms with Gasteiger partial charge in [-0.25, -0.2) is 9.50 Å². The summed E-state index contributed by atoms with van der Waals surface area (Å²) in [7, 11) is 0. The highest BCUT2D eigenvalue weighted by Crippen LogP contribution is 2.12. The van der Waals surface area contributed by atoms with Crippen LogP contribution in [-0.4, -0.2) is 55.2 Å². The summed E-state index contributed by atoms with van der Waals surface area (Å²) in [5, 5.41) is 13.1. The molecule has 1 N–H and O–H groups in total. The van der Waals surface area contributed by atoms with Gasteiger partial charge in [-0.15, -0.1) is 6.58 Å². The van der Waals surface area contributed by atoms with Gasteiger partial charge in [0, 0.05) is 19.3 Å². The fraction of sp³-hybridized carbons (Fsp3) is 0.385. The number of nitrogens with zero attached hydrogens (tertiary/aromatic N) is 5. The van der Waals surface area contributed by atoms with Crippen molar-refractivity contribution < 1.29 is 9.90 Å². The quantitative estimate of drug-likeness (QED) is 0.767. The molecule has 1 amide bonds. The minimum atomic E-state index is -0.194. The summed E-state index contributed by atoms with van der Waals surface area (Å²) < 4.78 is 1.57. The Labute approximate surface area is 116 Å². The summed E-state index contributed by atoms with van der Waals surface area (Å²) in [4.78, 5) is 22.2. The summed E-state index contributed by atoms with van der Waals surface area (Å²) in [6, 6.07) is 0. The summed E-state index contributed by atoms with van der Waals surface area (Å²) in [5.74, 6) is 0.275. The molecule has 20 heavy (non-hydrogen) atoms. The molecule has 0 aliphatic rings. The van der Waals surface area contributed by atoms with Gasteiger partial charge < -0.3 is 10.0 Å². The lowest BCUT2D eigenvalue weighted by atomic mass is 10.1. The van der Waals surface area contributed by atoms with Crippen LogP contribution in [-0.2, 0) is 6.42 Å². The second kappa shape index (κ2) is 6.25. The number of aromatic nitrogens is 4. The van der Waals surface area contributed by atoms with E-state index in [0.717, 1.165) is 5.69 Å². The van der Waals surface area contributed by atoms with E-state index >= 15 is 0 Å². The lowest BCUT2D eigenvalue weighted by molar-refractivity contribution is 0.0740. The first-order valence-electron chi connectivity index (χ1n) is 6.41. The number of amides is 1. The second-order valence-corrected chi connectivity index (χ2v) is 4.21. The van der Waals surface area contributed by atoms with E-state index < -0.39 is 0 Å². The van der Waals surface area contributed by atoms with E-state index in [1.165, 1.54) is 17.4 Å². The third-order valence-electron chi connectivity index (χ3n) is 2.98. The molecule has 2 aromatic rings. The smallest absolute Gasteiger partial charge is 0.257 e. The van der Waals surface area contributed by atoms with Crippen LogP contribution in [0.4, 0.5) is 0 Å². The molecule has 106 valence electrons. The van der Waals surface area contributed by atoms with E-state index in [1.54, 1.807) is 10.6 Å². The number of aliphatic hydroxyl groups is 1. The first kappa shape index (κ1) is 14.1. The van der Waals surface area contributed by atoms with Crippen molar-refractivity contribution in [2.24, 2.45) is 0 Å². The number of fused-ring (bicyclic) bond motifs is 1. The molecular formula is C13H17N5O2. The normalized spacial score (nSPS) is 10.7. The average molecular weight is 275 g/mol. The predicted octanol–water partition coefficient (Wildman–Crippen LogP) is 0.307. The van der Waals surface area contributed by atoms with Crippen LogP contribution >= 0.6 is 0 Å². The largest absolute Gasteiger partial charge is 0.395 e. The molecule has 0 atom stereocenters. The van der Waals surface area contributed by atoms with Gasteiger partial charge in [0.25, 0.3) is 11.7 Å². The Hall–Kier alpha value is -2.28. The molecule has 0 saturated heterocycles. The zero-order valence-corrected chi connectivity index (χ0v) is 11.4. The Morgan fingerprint density at radius 3 is 3.00 bits per heavy atom. The van der Waals surface area contributed by atoms with Gasteiger partial charge in [-0.3, -0.25) is 4.79 Å². The molecule has 0 aliphatic heterocycles. The van der Waals surface area contributed by atoms with Gasteiger partial charge in [0.05, 0.1) is 17.9 Å². The van der Waals surface area contributed by atoms with Crippen LogP contribution in [0.15, 0.2) is 25.2 Å². The fourth-order valence-electron chi connectivity index (χ4n) is 2.07. The van der Waals surface area contributed by atoms with Gasteiger partial charge in [-0.05, 0) is 6.42 Å². The number of carbonyl (C=O) groups excluding carboxylic acids is 1. The molecule has 2 aromatic heterocycles. The van der Waals surface area contributed by atoms with Gasteiger partial charge in [-0.1, -0.05) is 13.0 Å². The Bertz CT molecular complexity index is 622. The highest BCUT2D eigenvalue weighted by atomic mass is 16.3. The van der Waals surface area contributed by atoms with Gasteiger partial charge >= 0.3 is 0 Å². The maximum atomic E-state index is 12.5. The van der Waals surface area contributed by atoms with E-state index in [1.807, 2.05) is 6.92 Å². The summed E-state index contributed by atoms with van der Waals surface area (Å²) in [6.45, 7) is 6.10. The molecule has 0 spiro atoms. The molecule has 2 heterocycles. The average Bonchev–Trinajstić information content (AvgIpc) is 2.93. The number of hydrogen-bond donors (Lipinski definition) is 1. The van der Waals surface area contributed by atoms with E-state index in [9.17, 15) is 4.79 Å². The lowest BCUT2D eigenvalue weighted by Crippen LogP contribution is -2.34. The summed E-state index contributed by atoms with van der Waals surface area (Å²) in [6.07, 6.45) is 5.18. The van der Waals surface area contributed by atoms with Crippen molar-refractivity contribution >= 4 is 11.7 Å². The summed E-state index contributed by atoms with van der Waals surface area (Å²) >= 11 is 0. The number of aryl methyl sites for hydroxylation is 1. The molecule has 0 aliphatic carbocycles. The minimum absolute atomic E-state index is 0.0972. The third kappa shape index (κ3) is 2.53. The highest BCUT2D eigenvalue weighted by molar-refractivity contribution is 5.95. The van der Waals surface area contributed by atoms with E-state index in [2.05, 4.69) is 21.6 Å². The maximum Gasteiger partial charge on any atom is 0.257 e. The first-order valence-corrected chi connectivity index (χ1v) is 6.41. The van der Waals surface area contributed by atoms with Crippen molar-refractivity contribution in [1.82, 2.24) is 24.5 Å². The number of hydrogen-bond acceptors (Lipinski definition) is 5. The van der Waals surface area contributed by atoms with Gasteiger partial charge in [0.15, 0.2) is 0 Å². The zero-order valence-electron chi connectivity index (χ0n) is 11.4. The molecule has 0 bridgehead atoms. The zero-order chi connectivity index (χ0) is 14.5. The number of aliphatic hydroxyl groups excluding tert-OH is 1. The van der Waals surface area contributed by atoms with Crippen LogP contribution in [0.2, 0.25) is 0 Å². The van der Waals surface area contributed by atoms with Crippen molar-refractivity contribution in [1.29, 1.82) is 0 Å². The van der Waals surface area contributed by atoms with Crippen LogP contribution in [0, 0.1) is 0 Å². The first-order chi connectivity index (χ1) is 9.72. The highest BCUT2D eigenvalue weighted by Gasteiger charge is 2.20. The maximum absolute atomic E-state index is 12.5. The van der Waals surface area contributed by atoms with Crippen molar-refractivity contribution in [2.75, 3.05) is 19.7 Å². The van der Waals surface area contributed by atoms with Gasteiger partial charge in [0.1, 0.15) is 6.33 Å². The second-order valence-electron chi connectivity index (χ2n) is 4.21. The Morgan fingerprint density at radius 2 is 2.35 bits per heavy atom. The molecule has 2 rings (SSSR count). The SMILES string of the molecule is C=CCN(CCO)C(=O)c1cnc2ncnn2c1CC. The third-order valence-corrected chi connectivity index (χ3v) is 2.98. The van der Waals surface area contributed by atoms with Gasteiger partial charge in [-0.2, -0.15) is 10.1 Å². The van der Waals surface area contributed by atoms with Crippen LogP contribution < -0.4 is 0 Å². The minimum Gasteiger partial charge on any atom is -0.395 e. The van der Waals surface area contributed by atoms with Crippen LogP contribution in [0.5, 0.6) is 0 Å². The number of carbonyl (C=O) groups is 1. The molecule has 7 heteroatoms. The molecule has 0 radical (unpaired) electrons. The van der Waals surface area contributed by atoms with E-state index in [-0.39, 0.29) is 19.1 Å². The van der Waals surface area contributed by atoms with Crippen molar-refractivity contribution in [3.8, 4) is 0 Å². The topological polar surface area (TPSA) is 83.6 Å². The predicted molar refractivity (Wildman–Crippen MR) is 73.3 cm³/mol. The molecule has 0 saturated carbocycles. The van der Waals surface area contributed by atoms with Crippen LogP contribution in [0.3, 0.4) is 0 Å². The molecule has 0 unspecified atom stereocenters. The standard InChI is InChI=1S/C13H17N5O2/c1-3-5-17(6-7-19)12(20)10-8-14-13-15-9-16-18(13)11(10)4-2/h3,8-9,19H,1,4-7H2,2H3. The van der Waals surface area contributed by atoms with Gasteiger partial charge in [0.2, 0.25) is 0 Å². The molecule has 0 aromatic carbocycles. The monoisotopic (exact) mass is 275 g/mol. The summed E-state index contributed by atoms with van der Waals surface area (Å²) in [5.41, 5.74) is 1.23. The van der Waals surface area contributed by atoms with Crippen molar-refractivity contribution in [3.05, 3.63) is 36.4 Å². The van der Waals surface area contributed by atoms with Crippen LogP contribution in [0.25, 0.3) is 5.78 Å². The van der Waals surface area contributed by atoms with Crippen LogP contribution in [0.1, 0.15) is 23.0 Å². The van der Waals surface area contributed by atoms with Crippen molar-refractivity contribution in [3.63, 3.8) is 0 Å². The Kier molecular flexibility index (Phi) is 4.41. The van der Waals surface area contributed by atoms with E-state index in [4.69, 9.17) is 5.11 Å².